The fourth-order valence-electron chi connectivity index (χ4n) is 3.08. The molecule has 0 bridgehead atoms. The number of sulfonamides is 1. The maximum Gasteiger partial charge on any atom is 0.240 e. The van der Waals surface area contributed by atoms with Crippen LogP contribution in [0.15, 0.2) is 29.2 Å². The lowest BCUT2D eigenvalue weighted by Gasteiger charge is -2.23. The number of carbonyl (C=O) groups is 1. The fourth-order valence-corrected chi connectivity index (χ4v) is 4.30. The van der Waals surface area contributed by atoms with E-state index in [0.29, 0.717) is 18.0 Å². The van der Waals surface area contributed by atoms with Crippen molar-refractivity contribution in [2.75, 3.05) is 6.54 Å². The smallest absolute Gasteiger partial charge is 0.240 e. The van der Waals surface area contributed by atoms with E-state index in [9.17, 15) is 13.2 Å². The Morgan fingerprint density at radius 1 is 1.09 bits per heavy atom. The number of nitrogens with one attached hydrogen (secondary N) is 1. The molecule has 2 rings (SSSR count). The first-order valence-electron chi connectivity index (χ1n) is 7.72. The molecule has 0 aromatic heterocycles. The Morgan fingerprint density at radius 2 is 1.73 bits per heavy atom. The molecule has 1 aliphatic rings. The molecule has 1 fully saturated rings. The van der Waals surface area contributed by atoms with Gasteiger partial charge in [-0.05, 0) is 48.9 Å². The molecule has 122 valence electrons. The molecule has 4 nitrogen and oxygen atoms in total. The predicted octanol–water partition coefficient (Wildman–Crippen LogP) is 3.40. The van der Waals surface area contributed by atoms with Gasteiger partial charge in [0.2, 0.25) is 10.0 Å². The maximum absolute atomic E-state index is 12.3. The van der Waals surface area contributed by atoms with Gasteiger partial charge < -0.3 is 4.79 Å². The second-order valence-corrected chi connectivity index (χ2v) is 8.07. The number of halogens is 1. The first kappa shape index (κ1) is 17.4. The number of rotatable bonds is 6. The molecule has 0 spiro atoms. The van der Waals surface area contributed by atoms with Crippen molar-refractivity contribution in [1.82, 2.24) is 4.72 Å². The van der Waals surface area contributed by atoms with E-state index in [1.54, 1.807) is 12.1 Å². The molecule has 1 saturated carbocycles. The van der Waals surface area contributed by atoms with Gasteiger partial charge in [-0.3, -0.25) is 0 Å². The lowest BCUT2D eigenvalue weighted by molar-refractivity contribution is -0.109. The Bertz CT molecular complexity index is 586. The Balaban J connectivity index is 2.02. The number of hydrogen-bond acceptors (Lipinski definition) is 3. The van der Waals surface area contributed by atoms with Crippen molar-refractivity contribution in [1.29, 1.82) is 0 Å². The van der Waals surface area contributed by atoms with Gasteiger partial charge in [0.1, 0.15) is 6.29 Å². The normalized spacial score (nSPS) is 23.0. The van der Waals surface area contributed by atoms with Crippen LogP contribution >= 0.6 is 11.6 Å². The van der Waals surface area contributed by atoms with Crippen LogP contribution in [-0.2, 0) is 14.8 Å². The Kier molecular flexibility index (Phi) is 6.41. The van der Waals surface area contributed by atoms with E-state index in [4.69, 9.17) is 11.6 Å². The van der Waals surface area contributed by atoms with Gasteiger partial charge in [0.05, 0.1) is 4.90 Å². The van der Waals surface area contributed by atoms with Crippen molar-refractivity contribution in [3.63, 3.8) is 0 Å². The molecule has 1 N–H and O–H groups in total. The van der Waals surface area contributed by atoms with Gasteiger partial charge in [-0.25, -0.2) is 13.1 Å². The van der Waals surface area contributed by atoms with Gasteiger partial charge in [-0.15, -0.1) is 0 Å². The number of benzene rings is 1. The number of carbonyl (C=O) groups excluding carboxylic acids is 1. The van der Waals surface area contributed by atoms with E-state index in [1.165, 1.54) is 12.1 Å². The summed E-state index contributed by atoms with van der Waals surface area (Å²) in [5.74, 6) is 0.516. The largest absolute Gasteiger partial charge is 0.303 e. The second-order valence-electron chi connectivity index (χ2n) is 5.87. The van der Waals surface area contributed by atoms with Crippen molar-refractivity contribution in [3.8, 4) is 0 Å². The van der Waals surface area contributed by atoms with Gasteiger partial charge in [0.15, 0.2) is 0 Å². The summed E-state index contributed by atoms with van der Waals surface area (Å²) >= 11 is 5.78. The number of aldehydes is 1. The van der Waals surface area contributed by atoms with Gasteiger partial charge in [-0.2, -0.15) is 0 Å². The summed E-state index contributed by atoms with van der Waals surface area (Å²) in [7, 11) is -3.52. The second kappa shape index (κ2) is 8.09. The summed E-state index contributed by atoms with van der Waals surface area (Å²) < 4.78 is 27.3. The molecule has 2 atom stereocenters. The molecular formula is C16H22ClNO3S. The van der Waals surface area contributed by atoms with Crippen LogP contribution in [0.1, 0.15) is 38.5 Å². The summed E-state index contributed by atoms with van der Waals surface area (Å²) in [5, 5.41) is 0.508. The highest BCUT2D eigenvalue weighted by Gasteiger charge is 2.25. The molecule has 1 aliphatic carbocycles. The molecule has 0 amide bonds. The third-order valence-electron chi connectivity index (χ3n) is 4.37. The van der Waals surface area contributed by atoms with E-state index < -0.39 is 10.0 Å². The van der Waals surface area contributed by atoms with Crippen LogP contribution in [0.4, 0.5) is 0 Å². The van der Waals surface area contributed by atoms with Crippen molar-refractivity contribution in [2.24, 2.45) is 11.8 Å². The molecule has 1 aromatic carbocycles. The quantitative estimate of drug-likeness (QED) is 0.636. The molecule has 6 heteroatoms. The van der Waals surface area contributed by atoms with Crippen LogP contribution in [0.3, 0.4) is 0 Å². The van der Waals surface area contributed by atoms with E-state index in [0.717, 1.165) is 38.4 Å². The average Bonchev–Trinajstić information content (AvgIpc) is 2.71. The summed E-state index contributed by atoms with van der Waals surface area (Å²) in [4.78, 5) is 11.1. The van der Waals surface area contributed by atoms with Gasteiger partial charge in [-0.1, -0.05) is 30.9 Å². The van der Waals surface area contributed by atoms with Crippen LogP contribution in [-0.4, -0.2) is 21.2 Å². The zero-order valence-corrected chi connectivity index (χ0v) is 14.1. The highest BCUT2D eigenvalue weighted by Crippen LogP contribution is 2.30. The zero-order valence-electron chi connectivity index (χ0n) is 12.5. The highest BCUT2D eigenvalue weighted by atomic mass is 35.5. The zero-order chi connectivity index (χ0) is 16.0. The van der Waals surface area contributed by atoms with Crippen LogP contribution in [0, 0.1) is 11.8 Å². The van der Waals surface area contributed by atoms with Crippen LogP contribution in [0.25, 0.3) is 0 Å². The Labute approximate surface area is 137 Å². The topological polar surface area (TPSA) is 63.2 Å². The van der Waals surface area contributed by atoms with Crippen LogP contribution < -0.4 is 4.72 Å². The van der Waals surface area contributed by atoms with Gasteiger partial charge in [0.25, 0.3) is 0 Å². The number of hydrogen-bond donors (Lipinski definition) is 1. The summed E-state index contributed by atoms with van der Waals surface area (Å²) in [6.45, 7) is 0.392. The van der Waals surface area contributed by atoms with Crippen molar-refractivity contribution >= 4 is 27.9 Å². The first-order chi connectivity index (χ1) is 10.5. The molecule has 1 aromatic rings. The molecule has 0 aliphatic heterocycles. The van der Waals surface area contributed by atoms with E-state index in [1.807, 2.05) is 0 Å². The predicted molar refractivity (Wildman–Crippen MR) is 87.4 cm³/mol. The monoisotopic (exact) mass is 343 g/mol. The molecule has 2 unspecified atom stereocenters. The van der Waals surface area contributed by atoms with Crippen LogP contribution in [0.5, 0.6) is 0 Å². The summed E-state index contributed by atoms with van der Waals surface area (Å²) in [6, 6.07) is 6.13. The molecule has 0 saturated heterocycles. The van der Waals surface area contributed by atoms with Crippen molar-refractivity contribution in [2.45, 2.75) is 43.4 Å². The molecule has 0 heterocycles. The fraction of sp³-hybridized carbons (Fsp3) is 0.562. The van der Waals surface area contributed by atoms with Crippen molar-refractivity contribution in [3.05, 3.63) is 29.3 Å². The van der Waals surface area contributed by atoms with Gasteiger partial charge >= 0.3 is 0 Å². The average molecular weight is 344 g/mol. The highest BCUT2D eigenvalue weighted by molar-refractivity contribution is 7.89. The molecule has 22 heavy (non-hydrogen) atoms. The lowest BCUT2D eigenvalue weighted by atomic mass is 9.86. The first-order valence-corrected chi connectivity index (χ1v) is 9.58. The van der Waals surface area contributed by atoms with Crippen LogP contribution in [0.2, 0.25) is 5.02 Å². The minimum Gasteiger partial charge on any atom is -0.303 e. The Hall–Kier alpha value is -0.910. The molecular weight excluding hydrogens is 322 g/mol. The standard InChI is InChI=1S/C16H22ClNO3S/c17-15-6-8-16(9-7-15)22(20,21)18-12-14-5-3-1-2-4-13(14)10-11-19/h6-9,11,13-14,18H,1-5,10,12H2. The van der Waals surface area contributed by atoms with Crippen molar-refractivity contribution < 1.29 is 13.2 Å². The minimum atomic E-state index is -3.52. The third-order valence-corrected chi connectivity index (χ3v) is 6.07. The Morgan fingerprint density at radius 3 is 2.36 bits per heavy atom. The minimum absolute atomic E-state index is 0.220. The van der Waals surface area contributed by atoms with E-state index >= 15 is 0 Å². The SMILES string of the molecule is O=CCC1CCCCCC1CNS(=O)(=O)c1ccc(Cl)cc1. The molecule has 0 radical (unpaired) electrons. The lowest BCUT2D eigenvalue weighted by Crippen LogP contribution is -2.32. The van der Waals surface area contributed by atoms with E-state index in [-0.39, 0.29) is 16.7 Å². The van der Waals surface area contributed by atoms with Gasteiger partial charge in [0, 0.05) is 18.0 Å². The summed E-state index contributed by atoms with van der Waals surface area (Å²) in [6.07, 6.45) is 6.84. The third kappa shape index (κ3) is 4.80. The van der Waals surface area contributed by atoms with E-state index in [2.05, 4.69) is 4.72 Å². The summed E-state index contributed by atoms with van der Waals surface area (Å²) in [5.41, 5.74) is 0. The maximum atomic E-state index is 12.3.